The van der Waals surface area contributed by atoms with Crippen LogP contribution in [0.3, 0.4) is 0 Å². The smallest absolute Gasteiger partial charge is 0.434 e. The molecule has 0 radical (unpaired) electrons. The van der Waals surface area contributed by atoms with E-state index in [1.54, 1.807) is 0 Å². The van der Waals surface area contributed by atoms with E-state index in [2.05, 4.69) is 20.6 Å². The van der Waals surface area contributed by atoms with Gasteiger partial charge in [-0.2, -0.15) is 18.3 Å². The maximum Gasteiger partial charge on any atom is 0.434 e. The zero-order valence-corrected chi connectivity index (χ0v) is 15.5. The summed E-state index contributed by atoms with van der Waals surface area (Å²) in [6, 6.07) is 2.54. The van der Waals surface area contributed by atoms with Crippen LogP contribution in [-0.4, -0.2) is 39.0 Å². The minimum absolute atomic E-state index is 0.127. The van der Waals surface area contributed by atoms with E-state index in [1.165, 1.54) is 19.2 Å². The molecule has 1 aliphatic carbocycles. The topological polar surface area (TPSA) is 81.9 Å². The minimum atomic E-state index is -4.79. The Morgan fingerprint density at radius 2 is 1.82 bits per heavy atom. The highest BCUT2D eigenvalue weighted by Gasteiger charge is 2.41. The highest BCUT2D eigenvalue weighted by atomic mass is 19.4. The molecular formula is C18H22F3N5O2. The normalized spacial score (nSPS) is 16.3. The Kier molecular flexibility index (Phi) is 6.15. The second-order valence-corrected chi connectivity index (χ2v) is 6.77. The van der Waals surface area contributed by atoms with Gasteiger partial charge in [0.2, 0.25) is 5.88 Å². The maximum absolute atomic E-state index is 13.7. The van der Waals surface area contributed by atoms with Gasteiger partial charge in [0.05, 0.1) is 18.9 Å². The molecule has 0 spiro atoms. The molecule has 1 aliphatic rings. The van der Waals surface area contributed by atoms with Crippen molar-refractivity contribution in [3.05, 3.63) is 29.6 Å². The van der Waals surface area contributed by atoms with Crippen molar-refractivity contribution in [2.45, 2.75) is 57.2 Å². The molecule has 2 heterocycles. The van der Waals surface area contributed by atoms with Gasteiger partial charge in [-0.1, -0.05) is 32.1 Å². The molecule has 152 valence electrons. The fraction of sp³-hybridized carbons (Fsp3) is 0.556. The summed E-state index contributed by atoms with van der Waals surface area (Å²) >= 11 is 0. The SMILES string of the molecule is COc1ccc(-n2ncc(C(=O)NC3CCCCCCC3)c2C(F)(F)F)nn1. The van der Waals surface area contributed by atoms with Crippen LogP contribution < -0.4 is 10.1 Å². The Labute approximate surface area is 160 Å². The lowest BCUT2D eigenvalue weighted by atomic mass is 9.96. The van der Waals surface area contributed by atoms with E-state index in [-0.39, 0.29) is 17.7 Å². The second kappa shape index (κ2) is 8.57. The fourth-order valence-electron chi connectivity index (χ4n) is 3.36. The molecule has 28 heavy (non-hydrogen) atoms. The number of carbonyl (C=O) groups excluding carboxylic acids is 1. The quantitative estimate of drug-likeness (QED) is 0.854. The van der Waals surface area contributed by atoms with Crippen LogP contribution in [0.25, 0.3) is 5.82 Å². The number of halogens is 3. The van der Waals surface area contributed by atoms with Gasteiger partial charge in [-0.15, -0.1) is 10.2 Å². The zero-order valence-electron chi connectivity index (χ0n) is 15.5. The van der Waals surface area contributed by atoms with Crippen molar-refractivity contribution in [3.8, 4) is 11.7 Å². The van der Waals surface area contributed by atoms with Gasteiger partial charge < -0.3 is 10.1 Å². The van der Waals surface area contributed by atoms with E-state index in [4.69, 9.17) is 4.74 Å². The fourth-order valence-corrected chi connectivity index (χ4v) is 3.36. The summed E-state index contributed by atoms with van der Waals surface area (Å²) in [6.07, 6.45) is 2.90. The van der Waals surface area contributed by atoms with Crippen LogP contribution in [-0.2, 0) is 6.18 Å². The molecule has 1 saturated carbocycles. The van der Waals surface area contributed by atoms with Crippen molar-refractivity contribution in [2.75, 3.05) is 7.11 Å². The number of nitrogens with zero attached hydrogens (tertiary/aromatic N) is 4. The lowest BCUT2D eigenvalue weighted by Crippen LogP contribution is -2.36. The molecular weight excluding hydrogens is 375 g/mol. The summed E-state index contributed by atoms with van der Waals surface area (Å²) in [7, 11) is 1.37. The third kappa shape index (κ3) is 4.60. The Morgan fingerprint density at radius 1 is 1.14 bits per heavy atom. The number of rotatable bonds is 4. The number of carbonyl (C=O) groups is 1. The molecule has 1 amide bonds. The highest BCUT2D eigenvalue weighted by Crippen LogP contribution is 2.33. The number of hydrogen-bond donors (Lipinski definition) is 1. The molecule has 7 nitrogen and oxygen atoms in total. The van der Waals surface area contributed by atoms with E-state index in [0.717, 1.165) is 51.1 Å². The number of amides is 1. The van der Waals surface area contributed by atoms with Crippen LogP contribution in [0.2, 0.25) is 0 Å². The molecule has 3 rings (SSSR count). The van der Waals surface area contributed by atoms with Crippen molar-refractivity contribution >= 4 is 5.91 Å². The summed E-state index contributed by atoms with van der Waals surface area (Å²) in [4.78, 5) is 12.6. The van der Waals surface area contributed by atoms with Gasteiger partial charge in [-0.3, -0.25) is 4.79 Å². The van der Waals surface area contributed by atoms with Crippen molar-refractivity contribution in [1.29, 1.82) is 0 Å². The molecule has 2 aromatic heterocycles. The number of aromatic nitrogens is 4. The first-order valence-corrected chi connectivity index (χ1v) is 9.24. The molecule has 0 bridgehead atoms. The van der Waals surface area contributed by atoms with Gasteiger partial charge in [0.25, 0.3) is 5.91 Å². The summed E-state index contributed by atoms with van der Waals surface area (Å²) in [5.74, 6) is -0.768. The summed E-state index contributed by atoms with van der Waals surface area (Å²) in [5, 5.41) is 13.9. The molecule has 1 fully saturated rings. The van der Waals surface area contributed by atoms with Crippen molar-refractivity contribution in [2.24, 2.45) is 0 Å². The first-order valence-electron chi connectivity index (χ1n) is 9.24. The van der Waals surface area contributed by atoms with E-state index < -0.39 is 23.3 Å². The number of hydrogen-bond acceptors (Lipinski definition) is 5. The van der Waals surface area contributed by atoms with E-state index >= 15 is 0 Å². The maximum atomic E-state index is 13.7. The van der Waals surface area contributed by atoms with Gasteiger partial charge >= 0.3 is 6.18 Å². The molecule has 1 N–H and O–H groups in total. The average Bonchev–Trinajstić information content (AvgIpc) is 3.09. The second-order valence-electron chi connectivity index (χ2n) is 6.77. The number of methoxy groups -OCH3 is 1. The summed E-state index contributed by atoms with van der Waals surface area (Å²) in [5.41, 5.74) is -1.69. The largest absolute Gasteiger partial charge is 0.480 e. The third-order valence-corrected chi connectivity index (χ3v) is 4.77. The van der Waals surface area contributed by atoms with E-state index in [9.17, 15) is 18.0 Å². The molecule has 0 aromatic carbocycles. The van der Waals surface area contributed by atoms with Gasteiger partial charge in [-0.05, 0) is 18.9 Å². The average molecular weight is 397 g/mol. The molecule has 0 saturated heterocycles. The van der Waals surface area contributed by atoms with Gasteiger partial charge in [0, 0.05) is 12.1 Å². The van der Waals surface area contributed by atoms with Crippen LogP contribution >= 0.6 is 0 Å². The van der Waals surface area contributed by atoms with E-state index in [1.807, 2.05) is 0 Å². The van der Waals surface area contributed by atoms with Crippen LogP contribution in [0.1, 0.15) is 61.0 Å². The Morgan fingerprint density at radius 3 is 2.39 bits per heavy atom. The number of ether oxygens (including phenoxy) is 1. The Hall–Kier alpha value is -2.65. The van der Waals surface area contributed by atoms with Gasteiger partial charge in [0.15, 0.2) is 11.5 Å². The molecule has 0 aliphatic heterocycles. The molecule has 2 aromatic rings. The number of nitrogens with one attached hydrogen (secondary N) is 1. The molecule has 10 heteroatoms. The third-order valence-electron chi connectivity index (χ3n) is 4.77. The van der Waals surface area contributed by atoms with Gasteiger partial charge in [-0.25, -0.2) is 4.68 Å². The zero-order chi connectivity index (χ0) is 20.1. The van der Waals surface area contributed by atoms with Gasteiger partial charge in [0.1, 0.15) is 0 Å². The van der Waals surface area contributed by atoms with Crippen molar-refractivity contribution in [1.82, 2.24) is 25.3 Å². The highest BCUT2D eigenvalue weighted by molar-refractivity contribution is 5.95. The van der Waals surface area contributed by atoms with Crippen molar-refractivity contribution < 1.29 is 22.7 Å². The standard InChI is InChI=1S/C18H22F3N5O2/c1-28-15-10-9-14(24-25-15)26-16(18(19,20)21)13(11-22-26)17(27)23-12-7-5-3-2-4-6-8-12/h9-12H,2-8H2,1H3,(H,23,27). The van der Waals surface area contributed by atoms with E-state index in [0.29, 0.717) is 4.68 Å². The van der Waals surface area contributed by atoms with Crippen LogP contribution in [0, 0.1) is 0 Å². The predicted molar refractivity (Wildman–Crippen MR) is 94.3 cm³/mol. The first-order chi connectivity index (χ1) is 13.4. The number of alkyl halides is 3. The van der Waals surface area contributed by atoms with Crippen molar-refractivity contribution in [3.63, 3.8) is 0 Å². The van der Waals surface area contributed by atoms with Crippen LogP contribution in [0.4, 0.5) is 13.2 Å². The Bertz CT molecular complexity index is 797. The lowest BCUT2D eigenvalue weighted by molar-refractivity contribution is -0.143. The van der Waals surface area contributed by atoms with Crippen LogP contribution in [0.5, 0.6) is 5.88 Å². The summed E-state index contributed by atoms with van der Waals surface area (Å²) < 4.78 is 46.6. The minimum Gasteiger partial charge on any atom is -0.480 e. The predicted octanol–water partition coefficient (Wildman–Crippen LogP) is 3.53. The molecule has 0 unspecified atom stereocenters. The lowest BCUT2D eigenvalue weighted by Gasteiger charge is -2.21. The monoisotopic (exact) mass is 397 g/mol. The summed E-state index contributed by atoms with van der Waals surface area (Å²) in [6.45, 7) is 0. The Balaban J connectivity index is 1.87. The molecule has 0 atom stereocenters. The first kappa shape index (κ1) is 20.1. The van der Waals surface area contributed by atoms with Crippen LogP contribution in [0.15, 0.2) is 18.3 Å².